The predicted molar refractivity (Wildman–Crippen MR) is 330 cm³/mol. The molecule has 0 aliphatic carbocycles. The second-order valence-corrected chi connectivity index (χ2v) is 25.4. The minimum atomic E-state index is -1.50. The monoisotopic (exact) mass is 1210 g/mol. The fraction of sp³-hybridized carbons (Fsp3) is 0.500. The highest BCUT2D eigenvalue weighted by atomic mass is 16.6. The summed E-state index contributed by atoms with van der Waals surface area (Å²) >= 11 is 0. The standard InChI is InChI=1S/C68H86N6O14/c1-39(2)31-53-65(81)87-57(35-45-23-27-47(28-24-45)73-59(75)49-19-15-16-20-50(49)60(73)76)63(79)71(13)56(34-42(7)8)68(84)86-44(10)38-70(12)54(32-40(3)4)66(82)88-58(64(80)72(14)55(33-41(5)6)67(83)85-43(9)37-69(53)11)36-46-25-29-48(30-26-46)74-61(77)51-21-17-18-22-52(51)62(74)78/h15-30,39-44,53-58H,31-38H2,1-14H3/t43-,44-,53+,54+,55+,56+,57-,58-/m1/s1. The van der Waals surface area contributed by atoms with Crippen LogP contribution in [0.25, 0.3) is 0 Å². The molecule has 4 aromatic rings. The van der Waals surface area contributed by atoms with E-state index in [4.69, 9.17) is 18.9 Å². The van der Waals surface area contributed by atoms with Gasteiger partial charge in [-0.2, -0.15) is 0 Å². The van der Waals surface area contributed by atoms with Crippen molar-refractivity contribution in [2.45, 2.75) is 156 Å². The molecule has 0 saturated carbocycles. The maximum Gasteiger partial charge on any atom is 0.329 e. The molecule has 0 aromatic heterocycles. The molecule has 3 heterocycles. The number of nitrogens with zero attached hydrogens (tertiary/aromatic N) is 6. The van der Waals surface area contributed by atoms with E-state index < -0.39 is 108 Å². The fourth-order valence-corrected chi connectivity index (χ4v) is 11.6. The largest absolute Gasteiger partial charge is 0.460 e. The van der Waals surface area contributed by atoms with E-state index in [9.17, 15) is 38.4 Å². The molecule has 3 aliphatic rings. The molecular formula is C68H86N6O14. The van der Waals surface area contributed by atoms with Crippen LogP contribution < -0.4 is 9.80 Å². The summed E-state index contributed by atoms with van der Waals surface area (Å²) in [6.45, 7) is 18.6. The Bertz CT molecular complexity index is 2950. The third kappa shape index (κ3) is 16.0. The van der Waals surface area contributed by atoms with Crippen LogP contribution in [-0.2, 0) is 60.6 Å². The van der Waals surface area contributed by atoms with E-state index >= 15 is 9.59 Å². The molecule has 20 nitrogen and oxygen atoms in total. The van der Waals surface area contributed by atoms with Crippen molar-refractivity contribution in [1.29, 1.82) is 0 Å². The molecule has 472 valence electrons. The van der Waals surface area contributed by atoms with Crippen molar-refractivity contribution < 1.29 is 66.9 Å². The Kier molecular flexibility index (Phi) is 22.4. The average molecular weight is 1210 g/mol. The zero-order chi connectivity index (χ0) is 64.6. The number of hydrogen-bond acceptors (Lipinski definition) is 16. The summed E-state index contributed by atoms with van der Waals surface area (Å²) < 4.78 is 24.9. The number of benzene rings is 4. The Morgan fingerprint density at radius 2 is 0.636 bits per heavy atom. The maximum atomic E-state index is 15.1. The van der Waals surface area contributed by atoms with Crippen molar-refractivity contribution in [2.24, 2.45) is 23.7 Å². The Balaban J connectivity index is 1.23. The number of likely N-dealkylation sites (N-methyl/N-ethyl adjacent to an activating group) is 4. The lowest BCUT2D eigenvalue weighted by Gasteiger charge is -2.35. The van der Waals surface area contributed by atoms with Crippen LogP contribution in [0.4, 0.5) is 11.4 Å². The highest BCUT2D eigenvalue weighted by molar-refractivity contribution is 6.35. The zero-order valence-corrected chi connectivity index (χ0v) is 53.2. The Hall–Kier alpha value is -8.10. The number of hydrogen-bond donors (Lipinski definition) is 0. The molecule has 0 radical (unpaired) electrons. The minimum Gasteiger partial charge on any atom is -0.460 e. The van der Waals surface area contributed by atoms with E-state index in [1.165, 1.54) is 23.9 Å². The molecule has 6 amide bonds. The molecule has 0 spiro atoms. The van der Waals surface area contributed by atoms with Gasteiger partial charge in [-0.25, -0.2) is 19.4 Å². The summed E-state index contributed by atoms with van der Waals surface area (Å²) in [5, 5.41) is 0. The lowest BCUT2D eigenvalue weighted by Crippen LogP contribution is -2.53. The Labute approximate surface area is 516 Å². The molecule has 88 heavy (non-hydrogen) atoms. The van der Waals surface area contributed by atoms with Crippen LogP contribution in [0.15, 0.2) is 97.1 Å². The molecule has 1 saturated heterocycles. The Morgan fingerprint density at radius 1 is 0.375 bits per heavy atom. The van der Waals surface area contributed by atoms with Crippen molar-refractivity contribution in [3.8, 4) is 0 Å². The van der Waals surface area contributed by atoms with Crippen molar-refractivity contribution in [2.75, 3.05) is 51.1 Å². The molecule has 20 heteroatoms. The van der Waals surface area contributed by atoms with Crippen LogP contribution in [0.3, 0.4) is 0 Å². The van der Waals surface area contributed by atoms with Gasteiger partial charge >= 0.3 is 23.9 Å². The molecule has 3 aliphatic heterocycles. The first-order chi connectivity index (χ1) is 41.6. The molecule has 0 bridgehead atoms. The number of carbonyl (C=O) groups excluding carboxylic acids is 10. The van der Waals surface area contributed by atoms with Crippen molar-refractivity contribution in [1.82, 2.24) is 19.6 Å². The summed E-state index contributed by atoms with van der Waals surface area (Å²) in [6.07, 6.45) is -4.27. The van der Waals surface area contributed by atoms with Crippen LogP contribution in [0.1, 0.15) is 147 Å². The van der Waals surface area contributed by atoms with E-state index in [0.29, 0.717) is 22.5 Å². The third-order valence-corrected chi connectivity index (χ3v) is 16.2. The number of imide groups is 2. The summed E-state index contributed by atoms with van der Waals surface area (Å²) in [4.78, 5) is 151. The van der Waals surface area contributed by atoms with Gasteiger partial charge in [0.1, 0.15) is 36.4 Å². The molecule has 0 N–H and O–H groups in total. The Morgan fingerprint density at radius 3 is 0.909 bits per heavy atom. The topological polar surface area (TPSA) is 227 Å². The van der Waals surface area contributed by atoms with Crippen LogP contribution in [0.5, 0.6) is 0 Å². The van der Waals surface area contributed by atoms with Gasteiger partial charge in [0.05, 0.1) is 33.6 Å². The van der Waals surface area contributed by atoms with Gasteiger partial charge < -0.3 is 28.7 Å². The van der Waals surface area contributed by atoms with E-state index in [1.54, 1.807) is 135 Å². The number of fused-ring (bicyclic) bond motifs is 2. The predicted octanol–water partition coefficient (Wildman–Crippen LogP) is 8.21. The first-order valence-electron chi connectivity index (χ1n) is 30.5. The first-order valence-corrected chi connectivity index (χ1v) is 30.5. The molecule has 0 unspecified atom stereocenters. The highest BCUT2D eigenvalue weighted by Crippen LogP contribution is 2.32. The summed E-state index contributed by atoms with van der Waals surface area (Å²) in [5.41, 5.74) is 2.73. The highest BCUT2D eigenvalue weighted by Gasteiger charge is 2.43. The van der Waals surface area contributed by atoms with E-state index in [0.717, 1.165) is 9.80 Å². The maximum absolute atomic E-state index is 15.1. The van der Waals surface area contributed by atoms with Gasteiger partial charge in [0.25, 0.3) is 35.4 Å². The van der Waals surface area contributed by atoms with Gasteiger partial charge in [0.15, 0.2) is 12.2 Å². The van der Waals surface area contributed by atoms with Crippen LogP contribution in [0, 0.1) is 23.7 Å². The van der Waals surface area contributed by atoms with Gasteiger partial charge in [0.2, 0.25) is 0 Å². The van der Waals surface area contributed by atoms with E-state index in [2.05, 4.69) is 0 Å². The van der Waals surface area contributed by atoms with Crippen LogP contribution in [-0.4, -0.2) is 169 Å². The fourth-order valence-electron chi connectivity index (χ4n) is 11.6. The molecule has 7 rings (SSSR count). The number of rotatable bonds is 14. The van der Waals surface area contributed by atoms with Crippen molar-refractivity contribution >= 4 is 70.7 Å². The van der Waals surface area contributed by atoms with Gasteiger partial charge in [-0.3, -0.25) is 48.2 Å². The second-order valence-electron chi connectivity index (χ2n) is 25.4. The molecular weight excluding hydrogens is 1120 g/mol. The number of cyclic esters (lactones) is 4. The van der Waals surface area contributed by atoms with Crippen molar-refractivity contribution in [3.05, 3.63) is 130 Å². The lowest BCUT2D eigenvalue weighted by molar-refractivity contribution is -0.171. The average Bonchev–Trinajstić information content (AvgIpc) is 1.68. The number of anilines is 2. The van der Waals surface area contributed by atoms with E-state index in [1.807, 2.05) is 55.4 Å². The van der Waals surface area contributed by atoms with Crippen LogP contribution >= 0.6 is 0 Å². The van der Waals surface area contributed by atoms with Crippen molar-refractivity contribution in [3.63, 3.8) is 0 Å². The SMILES string of the molecule is CC(C)C[C@H]1C(=O)O[C@H](Cc2ccc(N3C(=O)c4ccccc4C3=O)cc2)C(=O)N(C)[C@@H](CC(C)C)C(=O)O[C@H](C)CN(C)[C@@H](CC(C)C)C(=O)O[C@H](Cc2ccc(N3C(=O)c4ccccc4C3=O)cc2)C(=O)N(C)[C@@H](CC(C)C)C(=O)O[C@H](C)CN1C. The van der Waals surface area contributed by atoms with Gasteiger partial charge in [0, 0.05) is 40.0 Å². The number of esters is 4. The quantitative estimate of drug-likeness (QED) is 0.0658. The van der Waals surface area contributed by atoms with Gasteiger partial charge in [-0.05, 0) is 137 Å². The number of ether oxygens (including phenoxy) is 4. The lowest BCUT2D eigenvalue weighted by atomic mass is 10.00. The summed E-state index contributed by atoms with van der Waals surface area (Å²) in [7, 11) is 6.26. The molecule has 1 fully saturated rings. The molecule has 4 aromatic carbocycles. The second kappa shape index (κ2) is 29.3. The number of carbonyl (C=O) groups is 10. The smallest absolute Gasteiger partial charge is 0.329 e. The normalized spacial score (nSPS) is 23.9. The first kappa shape index (κ1) is 67.4. The van der Waals surface area contributed by atoms with Crippen LogP contribution in [0.2, 0.25) is 0 Å². The summed E-state index contributed by atoms with van der Waals surface area (Å²) in [5.74, 6) is -6.72. The van der Waals surface area contributed by atoms with E-state index in [-0.39, 0.29) is 97.5 Å². The molecule has 8 atom stereocenters. The third-order valence-electron chi connectivity index (χ3n) is 16.2. The zero-order valence-electron chi connectivity index (χ0n) is 53.2. The minimum absolute atomic E-state index is 0.00423. The van der Waals surface area contributed by atoms with Gasteiger partial charge in [-0.15, -0.1) is 0 Å². The number of amides is 6. The van der Waals surface area contributed by atoms with Gasteiger partial charge in [-0.1, -0.05) is 104 Å². The summed E-state index contributed by atoms with van der Waals surface area (Å²) in [6, 6.07) is 21.7.